The highest BCUT2D eigenvalue weighted by molar-refractivity contribution is 14.1. The topological polar surface area (TPSA) is 12.5 Å². The molecule has 1 aromatic carbocycles. The maximum Gasteiger partial charge on any atom is 0.387 e. The molecule has 1 unspecified atom stereocenters. The van der Waals surface area contributed by atoms with Crippen LogP contribution in [0.2, 0.25) is 0 Å². The molecule has 1 saturated heterocycles. The van der Waals surface area contributed by atoms with E-state index >= 15 is 0 Å². The minimum Gasteiger partial charge on any atom is -0.435 e. The van der Waals surface area contributed by atoms with Gasteiger partial charge >= 0.3 is 6.61 Å². The second kappa shape index (κ2) is 7.81. The lowest BCUT2D eigenvalue weighted by molar-refractivity contribution is -0.101. The number of alkyl halides is 5. The van der Waals surface area contributed by atoms with Crippen LogP contribution in [0.15, 0.2) is 24.3 Å². The summed E-state index contributed by atoms with van der Waals surface area (Å²) in [4.78, 5) is 1.77. The molecule has 0 amide bonds. The smallest absolute Gasteiger partial charge is 0.387 e. The highest BCUT2D eigenvalue weighted by Crippen LogP contribution is 2.34. The van der Waals surface area contributed by atoms with E-state index in [-0.39, 0.29) is 12.3 Å². The maximum absolute atomic E-state index is 13.9. The van der Waals surface area contributed by atoms with Gasteiger partial charge in [-0.2, -0.15) is 8.78 Å². The van der Waals surface area contributed by atoms with Crippen molar-refractivity contribution >= 4 is 22.6 Å². The minimum absolute atomic E-state index is 0.105. The van der Waals surface area contributed by atoms with Crippen molar-refractivity contribution in [3.8, 4) is 5.75 Å². The van der Waals surface area contributed by atoms with Gasteiger partial charge in [-0.3, -0.25) is 4.90 Å². The summed E-state index contributed by atoms with van der Waals surface area (Å²) in [5.41, 5.74) is 0.918. The van der Waals surface area contributed by atoms with Gasteiger partial charge in [0.2, 0.25) is 0 Å². The van der Waals surface area contributed by atoms with Crippen molar-refractivity contribution in [3.05, 3.63) is 29.8 Å². The van der Waals surface area contributed by atoms with Gasteiger partial charge in [0.15, 0.2) is 0 Å². The van der Waals surface area contributed by atoms with Crippen LogP contribution in [0.4, 0.5) is 17.6 Å². The van der Waals surface area contributed by atoms with Gasteiger partial charge in [0.25, 0.3) is 5.92 Å². The second-order valence-electron chi connectivity index (χ2n) is 5.45. The Balaban J connectivity index is 1.83. The molecule has 0 saturated carbocycles. The van der Waals surface area contributed by atoms with Crippen LogP contribution < -0.4 is 4.74 Å². The lowest BCUT2D eigenvalue weighted by Gasteiger charge is -2.37. The van der Waals surface area contributed by atoms with E-state index in [0.29, 0.717) is 30.4 Å². The number of hydrogen-bond donors (Lipinski definition) is 0. The molecular formula is C15H18F4INO. The lowest BCUT2D eigenvalue weighted by Crippen LogP contribution is -2.49. The highest BCUT2D eigenvalue weighted by atomic mass is 127. The monoisotopic (exact) mass is 431 g/mol. The lowest BCUT2D eigenvalue weighted by atomic mass is 9.94. The first-order chi connectivity index (χ1) is 10.4. The third-order valence-corrected chi connectivity index (χ3v) is 4.94. The van der Waals surface area contributed by atoms with Gasteiger partial charge in [-0.05, 0) is 37.1 Å². The molecular weight excluding hydrogens is 413 g/mol. The molecule has 1 heterocycles. The molecule has 2 rings (SSSR count). The number of benzene rings is 1. The predicted molar refractivity (Wildman–Crippen MR) is 85.2 cm³/mol. The van der Waals surface area contributed by atoms with Crippen molar-refractivity contribution in [2.24, 2.45) is 5.92 Å². The molecule has 0 bridgehead atoms. The van der Waals surface area contributed by atoms with Gasteiger partial charge in [0.05, 0.1) is 6.54 Å². The summed E-state index contributed by atoms with van der Waals surface area (Å²) >= 11 is 2.02. The fraction of sp³-hybridized carbons (Fsp3) is 0.600. The van der Waals surface area contributed by atoms with E-state index in [1.54, 1.807) is 17.0 Å². The zero-order valence-corrected chi connectivity index (χ0v) is 14.1. The predicted octanol–water partition coefficient (Wildman–Crippen LogP) is 4.22. The Labute approximate surface area is 141 Å². The molecule has 1 atom stereocenters. The van der Waals surface area contributed by atoms with E-state index in [0.717, 1.165) is 5.56 Å². The number of piperidine rings is 1. The number of likely N-dealkylation sites (tertiary alicyclic amines) is 1. The molecule has 0 radical (unpaired) electrons. The van der Waals surface area contributed by atoms with E-state index in [1.807, 2.05) is 22.6 Å². The molecule has 1 fully saturated rings. The summed E-state index contributed by atoms with van der Waals surface area (Å²) < 4.78 is 56.6. The highest BCUT2D eigenvalue weighted by Gasteiger charge is 2.43. The maximum atomic E-state index is 13.9. The molecule has 0 N–H and O–H groups in total. The molecule has 124 valence electrons. The molecule has 1 aliphatic heterocycles. The summed E-state index contributed by atoms with van der Waals surface area (Å²) in [5, 5.41) is 0. The summed E-state index contributed by atoms with van der Waals surface area (Å²) in [6.07, 6.45) is 1.12. The Bertz CT molecular complexity index is 469. The van der Waals surface area contributed by atoms with Crippen LogP contribution in [-0.4, -0.2) is 41.5 Å². The molecule has 7 heteroatoms. The zero-order chi connectivity index (χ0) is 16.2. The summed E-state index contributed by atoms with van der Waals surface area (Å²) in [5.74, 6) is -3.06. The molecule has 22 heavy (non-hydrogen) atoms. The molecule has 2 nitrogen and oxygen atoms in total. The average molecular weight is 431 g/mol. The van der Waals surface area contributed by atoms with E-state index in [1.165, 1.54) is 12.1 Å². The van der Waals surface area contributed by atoms with Crippen LogP contribution in [0.3, 0.4) is 0 Å². The number of halogens is 5. The molecule has 1 aromatic rings. The molecule has 0 spiro atoms. The van der Waals surface area contributed by atoms with E-state index in [2.05, 4.69) is 4.74 Å². The third kappa shape index (κ3) is 4.97. The van der Waals surface area contributed by atoms with Crippen molar-refractivity contribution in [3.63, 3.8) is 0 Å². The van der Waals surface area contributed by atoms with Crippen LogP contribution in [0.5, 0.6) is 5.75 Å². The quantitative estimate of drug-likeness (QED) is 0.380. The van der Waals surface area contributed by atoms with Crippen molar-refractivity contribution in [1.82, 2.24) is 4.90 Å². The van der Waals surface area contributed by atoms with Crippen LogP contribution >= 0.6 is 22.6 Å². The summed E-state index contributed by atoms with van der Waals surface area (Å²) in [6.45, 7) is -1.82. The third-order valence-electron chi connectivity index (χ3n) is 3.88. The fourth-order valence-corrected chi connectivity index (χ4v) is 3.65. The van der Waals surface area contributed by atoms with Gasteiger partial charge < -0.3 is 4.74 Å². The van der Waals surface area contributed by atoms with E-state index < -0.39 is 18.5 Å². The van der Waals surface area contributed by atoms with Crippen LogP contribution in [-0.2, 0) is 6.42 Å². The summed E-state index contributed by atoms with van der Waals surface area (Å²) in [6, 6.07) is 6.32. The Hall–Kier alpha value is -0.570. The minimum atomic E-state index is -2.84. The Morgan fingerprint density at radius 3 is 2.50 bits per heavy atom. The van der Waals surface area contributed by atoms with Crippen molar-refractivity contribution in [2.45, 2.75) is 25.4 Å². The molecule has 0 aromatic heterocycles. The number of ether oxygens (including phenoxy) is 1. The molecule has 0 aliphatic carbocycles. The van der Waals surface area contributed by atoms with E-state index in [9.17, 15) is 17.6 Å². The zero-order valence-electron chi connectivity index (χ0n) is 12.0. The SMILES string of the molecule is FC(F)Oc1ccc(CCN2CCC(CI)C(F)(F)C2)cc1. The number of hydrogen-bond acceptors (Lipinski definition) is 2. The van der Waals surface area contributed by atoms with Gasteiger partial charge in [-0.1, -0.05) is 34.7 Å². The van der Waals surface area contributed by atoms with E-state index in [4.69, 9.17) is 0 Å². The van der Waals surface area contributed by atoms with Gasteiger partial charge in [-0.15, -0.1) is 0 Å². The number of nitrogens with zero attached hydrogens (tertiary/aromatic N) is 1. The second-order valence-corrected chi connectivity index (χ2v) is 6.33. The first kappa shape index (κ1) is 17.8. The molecule has 1 aliphatic rings. The first-order valence-electron chi connectivity index (χ1n) is 7.10. The van der Waals surface area contributed by atoms with Gasteiger partial charge in [0, 0.05) is 16.9 Å². The van der Waals surface area contributed by atoms with Crippen LogP contribution in [0.25, 0.3) is 0 Å². The summed E-state index contributed by atoms with van der Waals surface area (Å²) in [7, 11) is 0. The Morgan fingerprint density at radius 1 is 1.27 bits per heavy atom. The standard InChI is InChI=1S/C15H18F4INO/c16-14(17)22-13-3-1-11(2-4-13)5-7-21-8-6-12(9-20)15(18,19)10-21/h1-4,12,14H,5-10H2. The fourth-order valence-electron chi connectivity index (χ4n) is 2.56. The normalized spacial score (nSPS) is 22.0. The van der Waals surface area contributed by atoms with Crippen molar-refractivity contribution < 1.29 is 22.3 Å². The largest absolute Gasteiger partial charge is 0.435 e. The number of rotatable bonds is 6. The Morgan fingerprint density at radius 2 is 1.95 bits per heavy atom. The van der Waals surface area contributed by atoms with Crippen LogP contribution in [0.1, 0.15) is 12.0 Å². The van der Waals surface area contributed by atoms with Crippen molar-refractivity contribution in [2.75, 3.05) is 24.1 Å². The van der Waals surface area contributed by atoms with Gasteiger partial charge in [0.1, 0.15) is 5.75 Å². The van der Waals surface area contributed by atoms with Crippen LogP contribution in [0, 0.1) is 5.92 Å². The van der Waals surface area contributed by atoms with Crippen molar-refractivity contribution in [1.29, 1.82) is 0 Å². The first-order valence-corrected chi connectivity index (χ1v) is 8.63. The average Bonchev–Trinajstić information content (AvgIpc) is 2.45. The Kier molecular flexibility index (Phi) is 6.31. The van der Waals surface area contributed by atoms with Gasteiger partial charge in [-0.25, -0.2) is 8.78 Å².